The van der Waals surface area contributed by atoms with E-state index in [4.69, 9.17) is 18.6 Å². The number of nitrogens with one attached hydrogen (secondary N) is 1. The topological polar surface area (TPSA) is 130 Å². The average Bonchev–Trinajstić information content (AvgIpc) is 3.58. The predicted molar refractivity (Wildman–Crippen MR) is 122 cm³/mol. The van der Waals surface area contributed by atoms with Gasteiger partial charge in [0.2, 0.25) is 11.8 Å². The Morgan fingerprint density at radius 1 is 1.23 bits per heavy atom. The molecule has 2 aliphatic rings. The fraction of sp³-hybridized carbons (Fsp3) is 0.522. The van der Waals surface area contributed by atoms with Crippen molar-refractivity contribution in [2.75, 3.05) is 26.8 Å². The van der Waals surface area contributed by atoms with E-state index in [2.05, 4.69) is 30.7 Å². The summed E-state index contributed by atoms with van der Waals surface area (Å²) in [5, 5.41) is 19.7. The minimum atomic E-state index is -0.254. The molecule has 0 aliphatic carbocycles. The van der Waals surface area contributed by atoms with E-state index in [9.17, 15) is 4.79 Å². The average molecular weight is 484 g/mol. The molecule has 186 valence electrons. The van der Waals surface area contributed by atoms with Crippen LogP contribution in [0.1, 0.15) is 47.6 Å². The van der Waals surface area contributed by atoms with E-state index in [0.29, 0.717) is 67.3 Å². The Kier molecular flexibility index (Phi) is 6.64. The molecule has 1 amide bonds. The lowest BCUT2D eigenvalue weighted by Gasteiger charge is -2.20. The van der Waals surface area contributed by atoms with Crippen LogP contribution in [0.25, 0.3) is 0 Å². The Morgan fingerprint density at radius 2 is 2.11 bits per heavy atom. The monoisotopic (exact) mass is 483 g/mol. The molecule has 2 atom stereocenters. The van der Waals surface area contributed by atoms with Crippen molar-refractivity contribution in [1.82, 2.24) is 35.4 Å². The summed E-state index contributed by atoms with van der Waals surface area (Å²) < 4.78 is 25.0. The van der Waals surface area contributed by atoms with Gasteiger partial charge in [-0.1, -0.05) is 19.1 Å². The van der Waals surface area contributed by atoms with Gasteiger partial charge in [0.15, 0.2) is 11.5 Å². The normalized spacial score (nSPS) is 21.1. The van der Waals surface area contributed by atoms with Crippen LogP contribution < -0.4 is 14.8 Å². The molecule has 0 saturated carbocycles. The van der Waals surface area contributed by atoms with Crippen LogP contribution in [0.15, 0.2) is 28.8 Å². The maximum atomic E-state index is 13.2. The van der Waals surface area contributed by atoms with Gasteiger partial charge in [0.25, 0.3) is 5.91 Å². The van der Waals surface area contributed by atoms with E-state index >= 15 is 0 Å². The second kappa shape index (κ2) is 10.0. The van der Waals surface area contributed by atoms with Gasteiger partial charge >= 0.3 is 0 Å². The van der Waals surface area contributed by atoms with Crippen LogP contribution in [-0.4, -0.2) is 75.0 Å². The second-order valence-electron chi connectivity index (χ2n) is 9.00. The van der Waals surface area contributed by atoms with Crippen molar-refractivity contribution in [1.29, 1.82) is 0 Å². The van der Waals surface area contributed by atoms with Crippen molar-refractivity contribution < 1.29 is 23.4 Å². The van der Waals surface area contributed by atoms with Crippen molar-refractivity contribution in [2.45, 2.75) is 51.6 Å². The predicted octanol–water partition coefficient (Wildman–Crippen LogP) is 1.39. The third kappa shape index (κ3) is 5.28. The van der Waals surface area contributed by atoms with Crippen LogP contribution in [0, 0.1) is 0 Å². The zero-order valence-corrected chi connectivity index (χ0v) is 20.0. The summed E-state index contributed by atoms with van der Waals surface area (Å²) in [5.74, 6) is 2.15. The smallest absolute Gasteiger partial charge is 0.251 e. The van der Waals surface area contributed by atoms with Crippen LogP contribution in [0.4, 0.5) is 0 Å². The van der Waals surface area contributed by atoms with E-state index in [0.717, 1.165) is 0 Å². The third-order valence-electron chi connectivity index (χ3n) is 6.03. The zero-order chi connectivity index (χ0) is 24.4. The lowest BCUT2D eigenvalue weighted by Crippen LogP contribution is -2.44. The number of fused-ring (bicyclic) bond motifs is 5. The minimum absolute atomic E-state index is 0.163. The lowest BCUT2D eigenvalue weighted by atomic mass is 10.1. The van der Waals surface area contributed by atoms with Gasteiger partial charge in [-0.3, -0.25) is 9.69 Å². The maximum Gasteiger partial charge on any atom is 0.251 e. The summed E-state index contributed by atoms with van der Waals surface area (Å²) in [5.41, 5.74) is 1.19. The van der Waals surface area contributed by atoms with Gasteiger partial charge in [0.05, 0.1) is 45.1 Å². The summed E-state index contributed by atoms with van der Waals surface area (Å²) in [7, 11) is 1.57. The summed E-state index contributed by atoms with van der Waals surface area (Å²) >= 11 is 0. The molecule has 2 aliphatic heterocycles. The van der Waals surface area contributed by atoms with Crippen molar-refractivity contribution in [3.63, 3.8) is 0 Å². The molecular formula is C23H29N7O5. The highest BCUT2D eigenvalue weighted by Gasteiger charge is 2.36. The highest BCUT2D eigenvalue weighted by molar-refractivity contribution is 5.95. The molecule has 1 aromatic carbocycles. The molecule has 4 heterocycles. The number of carbonyl (C=O) groups excluding carboxylic acids is 1. The van der Waals surface area contributed by atoms with Gasteiger partial charge in [0, 0.05) is 24.6 Å². The molecule has 2 aromatic heterocycles. The van der Waals surface area contributed by atoms with E-state index in [1.165, 1.54) is 0 Å². The highest BCUT2D eigenvalue weighted by atomic mass is 16.5. The molecule has 0 spiro atoms. The van der Waals surface area contributed by atoms with Crippen LogP contribution in [0.5, 0.6) is 11.5 Å². The number of hydrogen-bond donors (Lipinski definition) is 1. The number of aromatic nitrogens is 5. The molecule has 5 rings (SSSR count). The first-order valence-corrected chi connectivity index (χ1v) is 11.7. The van der Waals surface area contributed by atoms with E-state index in [-0.39, 0.29) is 30.6 Å². The fourth-order valence-corrected chi connectivity index (χ4v) is 4.18. The molecule has 12 heteroatoms. The number of nitrogens with zero attached hydrogens (tertiary/aromatic N) is 6. The van der Waals surface area contributed by atoms with Gasteiger partial charge in [-0.05, 0) is 18.2 Å². The minimum Gasteiger partial charge on any atom is -0.493 e. The van der Waals surface area contributed by atoms with Gasteiger partial charge in [-0.15, -0.1) is 15.3 Å². The summed E-state index contributed by atoms with van der Waals surface area (Å²) in [6.45, 7) is 6.78. The zero-order valence-electron chi connectivity index (χ0n) is 20.0. The second-order valence-corrected chi connectivity index (χ2v) is 9.00. The van der Waals surface area contributed by atoms with E-state index in [1.807, 2.05) is 20.0 Å². The molecule has 4 bridgehead atoms. The first-order valence-electron chi connectivity index (χ1n) is 11.7. The number of rotatable bonds is 4. The summed E-state index contributed by atoms with van der Waals surface area (Å²) in [4.78, 5) is 15.3. The first-order chi connectivity index (χ1) is 17.0. The lowest BCUT2D eigenvalue weighted by molar-refractivity contribution is 0.0290. The number of benzene rings is 1. The quantitative estimate of drug-likeness (QED) is 0.581. The maximum absolute atomic E-state index is 13.2. The van der Waals surface area contributed by atoms with Gasteiger partial charge < -0.3 is 23.9 Å². The Morgan fingerprint density at radius 3 is 2.91 bits per heavy atom. The van der Waals surface area contributed by atoms with Crippen molar-refractivity contribution in [3.05, 3.63) is 47.4 Å². The Bertz CT molecular complexity index is 1180. The van der Waals surface area contributed by atoms with Gasteiger partial charge in [-0.25, -0.2) is 4.68 Å². The van der Waals surface area contributed by atoms with Crippen LogP contribution in [0.3, 0.4) is 0 Å². The Labute approximate surface area is 202 Å². The van der Waals surface area contributed by atoms with Gasteiger partial charge in [0.1, 0.15) is 12.3 Å². The van der Waals surface area contributed by atoms with Crippen molar-refractivity contribution in [3.8, 4) is 11.5 Å². The highest BCUT2D eigenvalue weighted by Crippen LogP contribution is 2.28. The molecule has 0 radical (unpaired) electrons. The van der Waals surface area contributed by atoms with E-state index < -0.39 is 0 Å². The summed E-state index contributed by atoms with van der Waals surface area (Å²) in [6.07, 6.45) is 1.58. The fourth-order valence-electron chi connectivity index (χ4n) is 4.18. The molecule has 0 unspecified atom stereocenters. The van der Waals surface area contributed by atoms with Crippen molar-refractivity contribution in [2.24, 2.45) is 0 Å². The molecule has 1 fully saturated rings. The number of carbonyl (C=O) groups is 1. The van der Waals surface area contributed by atoms with Crippen LogP contribution >= 0.6 is 0 Å². The third-order valence-corrected chi connectivity index (χ3v) is 6.03. The standard InChI is InChI=1S/C23H29N7O5/c1-14(2)23-27-26-21(35-23)12-29-10-17-20(11-29)34-13-16-9-30(28-25-16)6-7-33-19-8-15(22(31)24-17)4-5-18(19)32-3/h4-5,8-9,14,17,20H,6-7,10-13H2,1-3H3,(H,24,31)/t17-,20-/m0/s1. The number of likely N-dealkylation sites (tertiary alicyclic amines) is 1. The molecule has 1 N–H and O–H groups in total. The molecule has 35 heavy (non-hydrogen) atoms. The number of hydrogen-bond acceptors (Lipinski definition) is 10. The first kappa shape index (κ1) is 23.2. The number of amides is 1. The summed E-state index contributed by atoms with van der Waals surface area (Å²) in [6, 6.07) is 4.89. The molecule has 1 saturated heterocycles. The van der Waals surface area contributed by atoms with E-state index in [1.54, 1.807) is 30.0 Å². The van der Waals surface area contributed by atoms with Crippen LogP contribution in [0.2, 0.25) is 0 Å². The Balaban J connectivity index is 1.37. The van der Waals surface area contributed by atoms with Gasteiger partial charge in [-0.2, -0.15) is 0 Å². The number of ether oxygens (including phenoxy) is 3. The largest absolute Gasteiger partial charge is 0.493 e. The molecule has 12 nitrogen and oxygen atoms in total. The van der Waals surface area contributed by atoms with Crippen LogP contribution in [-0.2, 0) is 24.4 Å². The SMILES string of the molecule is COc1ccc2cc1OCCn1cc(nn1)CO[C@H]1CN(Cc3nnc(C(C)C)o3)C[C@@H]1NC2=O. The van der Waals surface area contributed by atoms with Crippen molar-refractivity contribution >= 4 is 5.91 Å². The molecular weight excluding hydrogens is 454 g/mol. The Hall–Kier alpha value is -3.51. The molecule has 3 aromatic rings. The number of methoxy groups -OCH3 is 1.